The molecular formula is C19H27ClN4O2. The first-order valence-corrected chi connectivity index (χ1v) is 8.97. The van der Waals surface area contributed by atoms with Gasteiger partial charge in [0.05, 0.1) is 24.4 Å². The summed E-state index contributed by atoms with van der Waals surface area (Å²) in [6.45, 7) is 6.26. The molecule has 1 fully saturated rings. The summed E-state index contributed by atoms with van der Waals surface area (Å²) in [7, 11) is 0. The van der Waals surface area contributed by atoms with Gasteiger partial charge in [-0.1, -0.05) is 11.2 Å². The van der Waals surface area contributed by atoms with Gasteiger partial charge in [0.15, 0.2) is 0 Å². The third kappa shape index (κ3) is 5.05. The molecule has 3 heterocycles. The van der Waals surface area contributed by atoms with E-state index in [4.69, 9.17) is 4.52 Å². The minimum absolute atomic E-state index is 0. The highest BCUT2D eigenvalue weighted by Crippen LogP contribution is 2.20. The van der Waals surface area contributed by atoms with E-state index in [1.54, 1.807) is 6.20 Å². The van der Waals surface area contributed by atoms with Gasteiger partial charge in [0.25, 0.3) is 0 Å². The van der Waals surface area contributed by atoms with Crippen molar-refractivity contribution in [1.82, 2.24) is 20.4 Å². The van der Waals surface area contributed by atoms with Crippen molar-refractivity contribution >= 4 is 18.3 Å². The zero-order chi connectivity index (χ0) is 17.6. The molecule has 1 amide bonds. The second-order valence-electron chi connectivity index (χ2n) is 6.66. The lowest BCUT2D eigenvalue weighted by Crippen LogP contribution is -2.41. The molecule has 0 radical (unpaired) electrons. The minimum atomic E-state index is 0. The fourth-order valence-electron chi connectivity index (χ4n) is 3.41. The third-order valence-electron chi connectivity index (χ3n) is 4.87. The van der Waals surface area contributed by atoms with Gasteiger partial charge >= 0.3 is 0 Å². The van der Waals surface area contributed by atoms with Crippen LogP contribution < -0.4 is 5.32 Å². The Morgan fingerprint density at radius 1 is 1.31 bits per heavy atom. The van der Waals surface area contributed by atoms with Crippen molar-refractivity contribution in [1.29, 1.82) is 0 Å². The van der Waals surface area contributed by atoms with Gasteiger partial charge in [-0.05, 0) is 58.3 Å². The Hall–Kier alpha value is -1.92. The SMILES string of the molecule is Cc1noc(C)c1CC(=O)N(Cc1ccccn1)C1CCCNCC1.Cl. The number of rotatable bonds is 5. The number of pyridine rings is 1. The van der Waals surface area contributed by atoms with Gasteiger partial charge in [-0.15, -0.1) is 12.4 Å². The number of carbonyl (C=O) groups excluding carboxylic acids is 1. The van der Waals surface area contributed by atoms with Crippen LogP contribution in [0.1, 0.15) is 42.0 Å². The molecule has 0 spiro atoms. The van der Waals surface area contributed by atoms with Gasteiger partial charge in [0, 0.05) is 17.8 Å². The van der Waals surface area contributed by atoms with Gasteiger partial charge < -0.3 is 14.7 Å². The van der Waals surface area contributed by atoms with Crippen molar-refractivity contribution in [3.8, 4) is 0 Å². The third-order valence-corrected chi connectivity index (χ3v) is 4.87. The van der Waals surface area contributed by atoms with Crippen LogP contribution >= 0.6 is 12.4 Å². The Morgan fingerprint density at radius 2 is 2.15 bits per heavy atom. The smallest absolute Gasteiger partial charge is 0.227 e. The predicted octanol–water partition coefficient (Wildman–Crippen LogP) is 2.82. The highest BCUT2D eigenvalue weighted by Gasteiger charge is 2.26. The highest BCUT2D eigenvalue weighted by molar-refractivity contribution is 5.85. The summed E-state index contributed by atoms with van der Waals surface area (Å²) < 4.78 is 5.22. The fraction of sp³-hybridized carbons (Fsp3) is 0.526. The number of amides is 1. The van der Waals surface area contributed by atoms with E-state index in [0.29, 0.717) is 13.0 Å². The molecule has 1 atom stereocenters. The number of nitrogens with zero attached hydrogens (tertiary/aromatic N) is 3. The van der Waals surface area contributed by atoms with E-state index < -0.39 is 0 Å². The van der Waals surface area contributed by atoms with E-state index in [0.717, 1.165) is 55.1 Å². The van der Waals surface area contributed by atoms with Crippen LogP contribution in [-0.4, -0.2) is 40.1 Å². The number of hydrogen-bond acceptors (Lipinski definition) is 5. The molecule has 2 aromatic rings. The van der Waals surface area contributed by atoms with Crippen molar-refractivity contribution < 1.29 is 9.32 Å². The number of halogens is 1. The van der Waals surface area contributed by atoms with E-state index in [9.17, 15) is 4.79 Å². The van der Waals surface area contributed by atoms with Crippen LogP contribution in [0.15, 0.2) is 28.9 Å². The molecule has 7 heteroatoms. The standard InChI is InChI=1S/C19H26N4O2.ClH/c1-14-18(15(2)25-22-14)12-19(24)23(13-16-6-3-4-10-21-16)17-7-5-9-20-11-8-17;/h3-4,6,10,17,20H,5,7-9,11-13H2,1-2H3;1H. The van der Waals surface area contributed by atoms with E-state index in [-0.39, 0.29) is 24.4 Å². The van der Waals surface area contributed by atoms with Crippen molar-refractivity contribution in [2.75, 3.05) is 13.1 Å². The molecule has 0 bridgehead atoms. The molecule has 26 heavy (non-hydrogen) atoms. The zero-order valence-electron chi connectivity index (χ0n) is 15.4. The summed E-state index contributed by atoms with van der Waals surface area (Å²) in [4.78, 5) is 19.6. The summed E-state index contributed by atoms with van der Waals surface area (Å²) in [5, 5.41) is 7.39. The van der Waals surface area contributed by atoms with Crippen molar-refractivity contribution in [3.05, 3.63) is 47.1 Å². The molecule has 2 aromatic heterocycles. The first-order chi connectivity index (χ1) is 12.1. The summed E-state index contributed by atoms with van der Waals surface area (Å²) >= 11 is 0. The van der Waals surface area contributed by atoms with E-state index in [1.165, 1.54) is 0 Å². The van der Waals surface area contributed by atoms with Crippen LogP contribution in [0.25, 0.3) is 0 Å². The Labute approximate surface area is 160 Å². The number of aryl methyl sites for hydroxylation is 2. The quantitative estimate of drug-likeness (QED) is 0.866. The maximum absolute atomic E-state index is 13.1. The summed E-state index contributed by atoms with van der Waals surface area (Å²) in [6.07, 6.45) is 5.19. The Balaban J connectivity index is 0.00000243. The molecule has 1 saturated heterocycles. The van der Waals surface area contributed by atoms with Gasteiger partial charge in [-0.3, -0.25) is 9.78 Å². The van der Waals surface area contributed by atoms with Crippen molar-refractivity contribution in [2.24, 2.45) is 0 Å². The maximum atomic E-state index is 13.1. The van der Waals surface area contributed by atoms with Crippen LogP contribution in [0.2, 0.25) is 0 Å². The zero-order valence-corrected chi connectivity index (χ0v) is 16.2. The lowest BCUT2D eigenvalue weighted by Gasteiger charge is -2.31. The van der Waals surface area contributed by atoms with Crippen molar-refractivity contribution in [3.63, 3.8) is 0 Å². The Morgan fingerprint density at radius 3 is 2.85 bits per heavy atom. The van der Waals surface area contributed by atoms with Crippen molar-refractivity contribution in [2.45, 2.75) is 52.1 Å². The second-order valence-corrected chi connectivity index (χ2v) is 6.66. The van der Waals surface area contributed by atoms with Gasteiger partial charge in [0.1, 0.15) is 5.76 Å². The molecule has 142 valence electrons. The monoisotopic (exact) mass is 378 g/mol. The highest BCUT2D eigenvalue weighted by atomic mass is 35.5. The molecule has 1 unspecified atom stereocenters. The van der Waals surface area contributed by atoms with Crippen LogP contribution in [0.3, 0.4) is 0 Å². The maximum Gasteiger partial charge on any atom is 0.227 e. The largest absolute Gasteiger partial charge is 0.361 e. The molecule has 1 aliphatic rings. The summed E-state index contributed by atoms with van der Waals surface area (Å²) in [6, 6.07) is 6.08. The van der Waals surface area contributed by atoms with Crippen LogP contribution in [0.4, 0.5) is 0 Å². The normalized spacial score (nSPS) is 17.2. The molecule has 3 rings (SSSR count). The molecule has 0 saturated carbocycles. The second kappa shape index (κ2) is 9.69. The first-order valence-electron chi connectivity index (χ1n) is 8.97. The number of hydrogen-bond donors (Lipinski definition) is 1. The predicted molar refractivity (Wildman–Crippen MR) is 102 cm³/mol. The molecule has 6 nitrogen and oxygen atoms in total. The van der Waals surface area contributed by atoms with E-state index >= 15 is 0 Å². The van der Waals surface area contributed by atoms with Crippen LogP contribution in [0, 0.1) is 13.8 Å². The molecular weight excluding hydrogens is 352 g/mol. The fourth-order valence-corrected chi connectivity index (χ4v) is 3.41. The Kier molecular flexibility index (Phi) is 7.60. The molecule has 0 aliphatic carbocycles. The van der Waals surface area contributed by atoms with Gasteiger partial charge in [-0.25, -0.2) is 0 Å². The lowest BCUT2D eigenvalue weighted by atomic mass is 10.0. The Bertz CT molecular complexity index is 677. The summed E-state index contributed by atoms with van der Waals surface area (Å²) in [5.74, 6) is 0.845. The van der Waals surface area contributed by atoms with Crippen LogP contribution in [0.5, 0.6) is 0 Å². The van der Waals surface area contributed by atoms with Gasteiger partial charge in [0.2, 0.25) is 5.91 Å². The van der Waals surface area contributed by atoms with E-state index in [1.807, 2.05) is 36.9 Å². The topological polar surface area (TPSA) is 71.3 Å². The average Bonchev–Trinajstić information content (AvgIpc) is 2.84. The minimum Gasteiger partial charge on any atom is -0.361 e. The van der Waals surface area contributed by atoms with Crippen LogP contribution in [-0.2, 0) is 17.8 Å². The molecule has 1 aliphatic heterocycles. The molecule has 0 aromatic carbocycles. The summed E-state index contributed by atoms with van der Waals surface area (Å²) in [5.41, 5.74) is 2.63. The number of carbonyl (C=O) groups is 1. The number of aromatic nitrogens is 2. The average molecular weight is 379 g/mol. The number of nitrogens with one attached hydrogen (secondary N) is 1. The van der Waals surface area contributed by atoms with Gasteiger partial charge in [-0.2, -0.15) is 0 Å². The first kappa shape index (κ1) is 20.4. The lowest BCUT2D eigenvalue weighted by molar-refractivity contribution is -0.133. The van der Waals surface area contributed by atoms with E-state index in [2.05, 4.69) is 15.5 Å². The molecule has 1 N–H and O–H groups in total.